The molecule has 1 heterocycles. The third kappa shape index (κ3) is 9.15. The number of unbranched alkanes of at least 4 members (excludes halogenated alkanes) is 2. The number of rotatable bonds is 2. The molecule has 1 nitrogen and oxygen atoms in total. The lowest BCUT2D eigenvalue weighted by atomic mass is 10.3. The first-order chi connectivity index (χ1) is 5.41. The Morgan fingerprint density at radius 2 is 1.82 bits per heavy atom. The van der Waals surface area contributed by atoms with Crippen LogP contribution in [0, 0.1) is 6.92 Å². The molecule has 0 aliphatic rings. The summed E-state index contributed by atoms with van der Waals surface area (Å²) < 4.78 is 0. The molecular formula is C10H16N. The number of hydrogen-bond donors (Lipinski definition) is 0. The number of aromatic nitrogens is 1. The zero-order valence-corrected chi connectivity index (χ0v) is 7.16. The lowest BCUT2D eigenvalue weighted by Gasteiger charge is -1.79. The fourth-order valence-electron chi connectivity index (χ4n) is 0.563. The van der Waals surface area contributed by atoms with Gasteiger partial charge in [0.15, 0.2) is 0 Å². The summed E-state index contributed by atoms with van der Waals surface area (Å²) in [6, 6.07) is 5.72. The van der Waals surface area contributed by atoms with Crippen molar-refractivity contribution in [3.63, 3.8) is 0 Å². The van der Waals surface area contributed by atoms with E-state index >= 15 is 0 Å². The molecule has 0 spiro atoms. The Hall–Kier alpha value is -0.850. The minimum absolute atomic E-state index is 1.09. The summed E-state index contributed by atoms with van der Waals surface area (Å²) in [6.45, 7) is 5.85. The zero-order valence-electron chi connectivity index (χ0n) is 7.16. The topological polar surface area (TPSA) is 12.9 Å². The highest BCUT2D eigenvalue weighted by atomic mass is 14.6. The summed E-state index contributed by atoms with van der Waals surface area (Å²) in [5.41, 5.74) is 0. The van der Waals surface area contributed by atoms with Gasteiger partial charge in [0.25, 0.3) is 0 Å². The van der Waals surface area contributed by atoms with Crippen LogP contribution in [0.2, 0.25) is 0 Å². The van der Waals surface area contributed by atoms with Crippen molar-refractivity contribution in [3.8, 4) is 0 Å². The Labute approximate surface area is 69.5 Å². The Morgan fingerprint density at radius 3 is 1.91 bits per heavy atom. The molecule has 0 saturated heterocycles. The minimum Gasteiger partial charge on any atom is -0.265 e. The molecule has 1 aromatic rings. The second-order valence-electron chi connectivity index (χ2n) is 2.23. The van der Waals surface area contributed by atoms with Crippen LogP contribution in [0.5, 0.6) is 0 Å². The van der Waals surface area contributed by atoms with Gasteiger partial charge in [0.05, 0.1) is 0 Å². The second-order valence-corrected chi connectivity index (χ2v) is 2.23. The molecule has 0 aromatic carbocycles. The van der Waals surface area contributed by atoms with E-state index < -0.39 is 0 Å². The first-order valence-corrected chi connectivity index (χ1v) is 4.06. The average Bonchev–Trinajstić information content (AvgIpc) is 2.10. The van der Waals surface area contributed by atoms with E-state index in [1.165, 1.54) is 12.8 Å². The maximum Gasteiger partial charge on any atom is 0.0267 e. The van der Waals surface area contributed by atoms with E-state index in [4.69, 9.17) is 0 Å². The Balaban J connectivity index is 0.000000187. The summed E-state index contributed by atoms with van der Waals surface area (Å²) >= 11 is 0. The third-order valence-electron chi connectivity index (χ3n) is 1.17. The van der Waals surface area contributed by atoms with Gasteiger partial charge in [0.2, 0.25) is 0 Å². The summed E-state index contributed by atoms with van der Waals surface area (Å²) in [5, 5.41) is 0. The molecule has 11 heavy (non-hydrogen) atoms. The van der Waals surface area contributed by atoms with Crippen LogP contribution in [0.4, 0.5) is 0 Å². The molecule has 0 aliphatic carbocycles. The standard InChI is InChI=1S/C5H5N.C5H11/c1-2-4-6-5-3-1;1-3-5-4-2/h1-5H;1,3-5H2,2H3. The predicted octanol–water partition coefficient (Wildman–Crippen LogP) is 3.09. The van der Waals surface area contributed by atoms with Crippen LogP contribution >= 0.6 is 0 Å². The molecule has 61 valence electrons. The molecule has 0 amide bonds. The molecule has 0 fully saturated rings. The van der Waals surface area contributed by atoms with Crippen LogP contribution in [0.3, 0.4) is 0 Å². The summed E-state index contributed by atoms with van der Waals surface area (Å²) in [5.74, 6) is 0. The molecule has 0 N–H and O–H groups in total. The SMILES string of the molecule is [CH2]CCCC.c1ccncc1. The molecule has 1 rings (SSSR count). The highest BCUT2D eigenvalue weighted by molar-refractivity contribution is 4.88. The van der Waals surface area contributed by atoms with E-state index in [-0.39, 0.29) is 0 Å². The van der Waals surface area contributed by atoms with E-state index in [9.17, 15) is 0 Å². The quantitative estimate of drug-likeness (QED) is 0.631. The fraction of sp³-hybridized carbons (Fsp3) is 0.400. The van der Waals surface area contributed by atoms with Gasteiger partial charge in [0, 0.05) is 12.4 Å². The number of pyridine rings is 1. The van der Waals surface area contributed by atoms with Gasteiger partial charge in [-0.1, -0.05) is 39.2 Å². The van der Waals surface area contributed by atoms with Crippen molar-refractivity contribution in [3.05, 3.63) is 37.5 Å². The van der Waals surface area contributed by atoms with Gasteiger partial charge in [0.1, 0.15) is 0 Å². The van der Waals surface area contributed by atoms with Crippen LogP contribution in [0.15, 0.2) is 30.6 Å². The van der Waals surface area contributed by atoms with E-state index in [1.54, 1.807) is 12.4 Å². The summed E-state index contributed by atoms with van der Waals surface area (Å²) in [4.78, 5) is 3.78. The van der Waals surface area contributed by atoms with Gasteiger partial charge in [-0.3, -0.25) is 4.98 Å². The first-order valence-electron chi connectivity index (χ1n) is 4.06. The Bertz CT molecular complexity index is 108. The Morgan fingerprint density at radius 1 is 1.18 bits per heavy atom. The van der Waals surface area contributed by atoms with Gasteiger partial charge in [-0.15, -0.1) is 0 Å². The van der Waals surface area contributed by atoms with E-state index in [1.807, 2.05) is 18.2 Å². The molecule has 0 atom stereocenters. The number of nitrogens with zero attached hydrogens (tertiary/aromatic N) is 1. The van der Waals surface area contributed by atoms with Crippen molar-refractivity contribution in [2.75, 3.05) is 0 Å². The van der Waals surface area contributed by atoms with Crippen LogP contribution in [0.1, 0.15) is 26.2 Å². The van der Waals surface area contributed by atoms with Crippen molar-refractivity contribution in [2.45, 2.75) is 26.2 Å². The second kappa shape index (κ2) is 9.15. The van der Waals surface area contributed by atoms with Gasteiger partial charge in [-0.2, -0.15) is 0 Å². The van der Waals surface area contributed by atoms with Gasteiger partial charge < -0.3 is 0 Å². The largest absolute Gasteiger partial charge is 0.265 e. The lowest BCUT2D eigenvalue weighted by molar-refractivity contribution is 0.813. The molecule has 1 heteroatoms. The Kier molecular flexibility index (Phi) is 8.44. The van der Waals surface area contributed by atoms with Gasteiger partial charge in [-0.05, 0) is 12.1 Å². The van der Waals surface area contributed by atoms with Crippen LogP contribution < -0.4 is 0 Å². The highest BCUT2D eigenvalue weighted by Crippen LogP contribution is 1.87. The average molecular weight is 150 g/mol. The van der Waals surface area contributed by atoms with Gasteiger partial charge >= 0.3 is 0 Å². The molecular weight excluding hydrogens is 134 g/mol. The first kappa shape index (κ1) is 10.2. The molecule has 1 radical (unpaired) electrons. The monoisotopic (exact) mass is 150 g/mol. The normalized spacial score (nSPS) is 8.18. The van der Waals surface area contributed by atoms with Crippen LogP contribution in [0.25, 0.3) is 0 Å². The zero-order chi connectivity index (χ0) is 8.36. The van der Waals surface area contributed by atoms with Crippen LogP contribution in [-0.4, -0.2) is 4.98 Å². The van der Waals surface area contributed by atoms with E-state index in [0.29, 0.717) is 0 Å². The van der Waals surface area contributed by atoms with Crippen molar-refractivity contribution >= 4 is 0 Å². The van der Waals surface area contributed by atoms with Crippen LogP contribution in [-0.2, 0) is 0 Å². The molecule has 0 saturated carbocycles. The van der Waals surface area contributed by atoms with E-state index in [0.717, 1.165) is 6.42 Å². The predicted molar refractivity (Wildman–Crippen MR) is 49.1 cm³/mol. The van der Waals surface area contributed by atoms with Crippen molar-refractivity contribution in [2.24, 2.45) is 0 Å². The number of hydrogen-bond acceptors (Lipinski definition) is 1. The molecule has 0 unspecified atom stereocenters. The molecule has 0 bridgehead atoms. The van der Waals surface area contributed by atoms with E-state index in [2.05, 4.69) is 18.8 Å². The molecule has 0 aliphatic heterocycles. The highest BCUT2D eigenvalue weighted by Gasteiger charge is 1.68. The van der Waals surface area contributed by atoms with Crippen molar-refractivity contribution < 1.29 is 0 Å². The maximum atomic E-state index is 3.78. The third-order valence-corrected chi connectivity index (χ3v) is 1.17. The summed E-state index contributed by atoms with van der Waals surface area (Å²) in [7, 11) is 0. The summed E-state index contributed by atoms with van der Waals surface area (Å²) in [6.07, 6.45) is 7.15. The van der Waals surface area contributed by atoms with Gasteiger partial charge in [-0.25, -0.2) is 0 Å². The maximum absolute atomic E-state index is 3.78. The van der Waals surface area contributed by atoms with Crippen molar-refractivity contribution in [1.82, 2.24) is 4.98 Å². The fourth-order valence-corrected chi connectivity index (χ4v) is 0.563. The lowest BCUT2D eigenvalue weighted by Crippen LogP contribution is -1.59. The minimum atomic E-state index is 1.09. The smallest absolute Gasteiger partial charge is 0.0267 e. The van der Waals surface area contributed by atoms with Crippen molar-refractivity contribution in [1.29, 1.82) is 0 Å². The molecule has 1 aromatic heterocycles.